The molecule has 0 amide bonds. The molecule has 0 fully saturated rings. The number of aliphatic hydroxyl groups is 3. The van der Waals surface area contributed by atoms with Crippen LogP contribution in [0.15, 0.2) is 24.3 Å². The molecule has 1 aliphatic carbocycles. The Morgan fingerprint density at radius 2 is 1.87 bits per heavy atom. The number of methoxy groups -OCH3 is 1. The summed E-state index contributed by atoms with van der Waals surface area (Å²) in [7, 11) is 3.78. The van der Waals surface area contributed by atoms with E-state index in [4.69, 9.17) is 29.9 Å². The second kappa shape index (κ2) is 8.66. The topological polar surface area (TPSA) is 157 Å². The number of carbonyl (C=O) groups is 2. The smallest absolute Gasteiger partial charge is 0.335 e. The van der Waals surface area contributed by atoms with Crippen LogP contribution in [0.3, 0.4) is 0 Å². The van der Waals surface area contributed by atoms with Crippen LogP contribution in [0.2, 0.25) is 0 Å². The van der Waals surface area contributed by atoms with Crippen molar-refractivity contribution < 1.29 is 49.2 Å². The normalized spacial score (nSPS) is 27.2. The summed E-state index contributed by atoms with van der Waals surface area (Å²) in [6.45, 7) is 0.969. The quantitative estimate of drug-likeness (QED) is 0.306. The summed E-state index contributed by atoms with van der Waals surface area (Å²) in [4.78, 5) is 19.5. The van der Waals surface area contributed by atoms with Crippen LogP contribution >= 0.6 is 0 Å². The molecule has 0 bridgehead atoms. The van der Waals surface area contributed by atoms with Gasteiger partial charge in [0.05, 0.1) is 18.6 Å². The number of aliphatic hydroxyl groups excluding tert-OH is 3. The second-order valence-corrected chi connectivity index (χ2v) is 7.80. The van der Waals surface area contributed by atoms with Crippen LogP contribution in [0.4, 0.5) is 0 Å². The van der Waals surface area contributed by atoms with Crippen LogP contribution < -0.4 is 9.47 Å². The second-order valence-electron chi connectivity index (χ2n) is 7.80. The zero-order valence-corrected chi connectivity index (χ0v) is 17.1. The highest BCUT2D eigenvalue weighted by molar-refractivity contribution is 5.84. The Hall–Kier alpha value is -2.95. The van der Waals surface area contributed by atoms with E-state index in [0.29, 0.717) is 6.42 Å². The van der Waals surface area contributed by atoms with E-state index in [1.165, 1.54) is 11.1 Å². The molecule has 3 unspecified atom stereocenters. The molecule has 0 saturated heterocycles. The van der Waals surface area contributed by atoms with Crippen molar-refractivity contribution in [3.8, 4) is 11.5 Å². The maximum atomic E-state index is 9.97. The van der Waals surface area contributed by atoms with Gasteiger partial charge in [0.1, 0.15) is 19.7 Å². The van der Waals surface area contributed by atoms with Crippen molar-refractivity contribution in [2.75, 3.05) is 20.7 Å². The Morgan fingerprint density at radius 3 is 2.45 bits per heavy atom. The lowest BCUT2D eigenvalue weighted by Crippen LogP contribution is -2.42. The Balaban J connectivity index is 0.000000233. The lowest BCUT2D eigenvalue weighted by atomic mass is 9.69. The first-order valence-corrected chi connectivity index (χ1v) is 9.73. The fraction of sp³-hybridized carbons (Fsp3) is 0.476. The van der Waals surface area contributed by atoms with E-state index in [-0.39, 0.29) is 11.5 Å². The summed E-state index contributed by atoms with van der Waals surface area (Å²) < 4.78 is 13.9. The molecule has 4 rings (SSSR count). The molecule has 10 heteroatoms. The number of ether oxygens (including phenoxy) is 2. The predicted molar refractivity (Wildman–Crippen MR) is 107 cm³/mol. The number of hydrogen-bond donors (Lipinski definition) is 5. The van der Waals surface area contributed by atoms with Crippen molar-refractivity contribution in [1.82, 2.24) is 0 Å². The van der Waals surface area contributed by atoms with E-state index < -0.39 is 30.3 Å². The summed E-state index contributed by atoms with van der Waals surface area (Å²) in [5, 5.41) is 42.5. The van der Waals surface area contributed by atoms with E-state index in [9.17, 15) is 14.7 Å². The monoisotopic (exact) mass is 436 g/mol. The van der Waals surface area contributed by atoms with Crippen LogP contribution in [0.1, 0.15) is 24.0 Å². The minimum absolute atomic E-state index is 0.0116. The van der Waals surface area contributed by atoms with Gasteiger partial charge in [0.15, 0.2) is 29.9 Å². The summed E-state index contributed by atoms with van der Waals surface area (Å²) in [5.41, 5.74) is 2.27. The van der Waals surface area contributed by atoms with Gasteiger partial charge in [-0.25, -0.2) is 14.2 Å². The standard InChI is InChI=1S/C17H20NO3.C4H6O6/c1-18-8-7-17-6-5-12(19)9-14(17)21-16-13(20-2)4-3-11(10-18)15(16)17;5-1(3(7)8)2(6)4(9)10/h3-6,10,12,14,19H,7-9H2,1-2H3;1-2,5-6H,(H,7,8)(H,9,10)/q+1;/t12-,14?,17-;/m0./s1. The fourth-order valence-corrected chi connectivity index (χ4v) is 4.19. The summed E-state index contributed by atoms with van der Waals surface area (Å²) >= 11 is 0. The first-order valence-electron chi connectivity index (χ1n) is 9.73. The minimum Gasteiger partial charge on any atom is -0.493 e. The molecule has 5 atom stereocenters. The van der Waals surface area contributed by atoms with Crippen molar-refractivity contribution in [3.63, 3.8) is 0 Å². The molecule has 1 aromatic rings. The van der Waals surface area contributed by atoms with Gasteiger partial charge in [0, 0.05) is 24.0 Å². The lowest BCUT2D eigenvalue weighted by molar-refractivity contribution is -0.493. The zero-order chi connectivity index (χ0) is 22.9. The fourth-order valence-electron chi connectivity index (χ4n) is 4.19. The maximum Gasteiger partial charge on any atom is 0.335 e. The third kappa shape index (κ3) is 4.14. The van der Waals surface area contributed by atoms with Gasteiger partial charge in [-0.3, -0.25) is 0 Å². The molecule has 2 aliphatic heterocycles. The lowest BCUT2D eigenvalue weighted by Gasteiger charge is -2.34. The first kappa shape index (κ1) is 22.7. The number of carboxylic acids is 2. The molecule has 31 heavy (non-hydrogen) atoms. The van der Waals surface area contributed by atoms with Gasteiger partial charge >= 0.3 is 11.9 Å². The molecule has 3 aliphatic rings. The van der Waals surface area contributed by atoms with Crippen LogP contribution in [0, 0.1) is 0 Å². The summed E-state index contributed by atoms with van der Waals surface area (Å²) in [5.74, 6) is -1.90. The molecule has 10 nitrogen and oxygen atoms in total. The Labute approximate surface area is 178 Å². The Bertz CT molecular complexity index is 923. The molecule has 1 spiro atoms. The van der Waals surface area contributed by atoms with Crippen molar-refractivity contribution in [2.24, 2.45) is 0 Å². The average molecular weight is 436 g/mol. The Morgan fingerprint density at radius 1 is 1.23 bits per heavy atom. The van der Waals surface area contributed by atoms with Crippen molar-refractivity contribution >= 4 is 18.2 Å². The van der Waals surface area contributed by atoms with Crippen LogP contribution in [0.25, 0.3) is 0 Å². The summed E-state index contributed by atoms with van der Waals surface area (Å²) in [6.07, 6.45) is 2.92. The van der Waals surface area contributed by atoms with Crippen LogP contribution in [0.5, 0.6) is 11.5 Å². The van der Waals surface area contributed by atoms with E-state index in [2.05, 4.69) is 30.0 Å². The first-order chi connectivity index (χ1) is 14.6. The van der Waals surface area contributed by atoms with Gasteiger partial charge in [-0.1, -0.05) is 12.2 Å². The maximum absolute atomic E-state index is 9.97. The molecular formula is C21H26NO9+. The number of benzene rings is 1. The number of carboxylic acid groups (broad SMARTS) is 2. The molecule has 1 aromatic carbocycles. The largest absolute Gasteiger partial charge is 0.493 e. The van der Waals surface area contributed by atoms with E-state index in [1.807, 2.05) is 12.1 Å². The zero-order valence-electron chi connectivity index (χ0n) is 17.1. The van der Waals surface area contributed by atoms with Gasteiger partial charge in [-0.15, -0.1) is 0 Å². The van der Waals surface area contributed by atoms with E-state index in [0.717, 1.165) is 24.5 Å². The molecule has 0 saturated carbocycles. The molecule has 2 heterocycles. The van der Waals surface area contributed by atoms with Gasteiger partial charge in [0.25, 0.3) is 0 Å². The SMILES string of the molecule is COc1ccc2c3c1OC1C[C@@H](O)C=C[C@@]31CC[N+](C)=C2.O=C(O)C(O)C(O)C(=O)O. The number of hydrogen-bond acceptors (Lipinski definition) is 7. The van der Waals surface area contributed by atoms with E-state index in [1.54, 1.807) is 7.11 Å². The number of aliphatic carboxylic acids is 2. The Kier molecular flexibility index (Phi) is 6.35. The van der Waals surface area contributed by atoms with Gasteiger partial charge in [-0.2, -0.15) is 0 Å². The summed E-state index contributed by atoms with van der Waals surface area (Å²) in [6, 6.07) is 4.07. The number of rotatable bonds is 4. The molecular weight excluding hydrogens is 410 g/mol. The van der Waals surface area contributed by atoms with Crippen molar-refractivity contribution in [3.05, 3.63) is 35.4 Å². The minimum atomic E-state index is -2.27. The molecule has 5 N–H and O–H groups in total. The average Bonchev–Trinajstić information content (AvgIpc) is 2.98. The van der Waals surface area contributed by atoms with Crippen molar-refractivity contribution in [2.45, 2.75) is 42.7 Å². The molecule has 0 radical (unpaired) electrons. The van der Waals surface area contributed by atoms with E-state index >= 15 is 0 Å². The third-order valence-electron chi connectivity index (χ3n) is 5.79. The number of nitrogens with zero attached hydrogens (tertiary/aromatic N) is 1. The molecule has 0 aromatic heterocycles. The highest BCUT2D eigenvalue weighted by Crippen LogP contribution is 2.54. The van der Waals surface area contributed by atoms with Gasteiger partial charge in [0.2, 0.25) is 0 Å². The van der Waals surface area contributed by atoms with Gasteiger partial charge < -0.3 is 35.0 Å². The molecule has 168 valence electrons. The highest BCUT2D eigenvalue weighted by Gasteiger charge is 2.53. The third-order valence-corrected chi connectivity index (χ3v) is 5.79. The predicted octanol–water partition coefficient (Wildman–Crippen LogP) is -0.643. The van der Waals surface area contributed by atoms with Crippen molar-refractivity contribution in [1.29, 1.82) is 0 Å². The van der Waals surface area contributed by atoms with Crippen LogP contribution in [-0.4, -0.2) is 93.4 Å². The highest BCUT2D eigenvalue weighted by atomic mass is 16.5. The van der Waals surface area contributed by atoms with Gasteiger partial charge in [-0.05, 0) is 12.1 Å². The van der Waals surface area contributed by atoms with Crippen LogP contribution in [-0.2, 0) is 15.0 Å².